The van der Waals surface area contributed by atoms with E-state index in [2.05, 4.69) is 0 Å². The fourth-order valence-electron chi connectivity index (χ4n) is 1.88. The van der Waals surface area contributed by atoms with E-state index in [4.69, 9.17) is 15.3 Å². The summed E-state index contributed by atoms with van der Waals surface area (Å²) in [7, 11) is 0. The number of likely N-dealkylation sites (tertiary alicyclic amines) is 1. The summed E-state index contributed by atoms with van der Waals surface area (Å²) in [6, 6.07) is -1.19. The lowest BCUT2D eigenvalue weighted by Crippen LogP contribution is -2.40. The molecule has 2 atom stereocenters. The van der Waals surface area contributed by atoms with Crippen molar-refractivity contribution in [3.63, 3.8) is 0 Å². The summed E-state index contributed by atoms with van der Waals surface area (Å²) in [6.45, 7) is -0.190. The van der Waals surface area contributed by atoms with E-state index in [1.807, 2.05) is 0 Å². The Hall–Kier alpha value is -2.12. The molecule has 1 heterocycles. The van der Waals surface area contributed by atoms with Crippen LogP contribution >= 0.6 is 0 Å². The zero-order valence-corrected chi connectivity index (χ0v) is 9.40. The van der Waals surface area contributed by atoms with Crippen molar-refractivity contribution in [2.24, 2.45) is 5.92 Å². The summed E-state index contributed by atoms with van der Waals surface area (Å²) in [5.74, 6) is -5.16. The molecular weight excluding hydrogens is 246 g/mol. The normalized spacial score (nSPS) is 22.8. The lowest BCUT2D eigenvalue weighted by Gasteiger charge is -2.20. The topological polar surface area (TPSA) is 132 Å². The molecule has 0 aromatic carbocycles. The van der Waals surface area contributed by atoms with Gasteiger partial charge in [-0.2, -0.15) is 0 Å². The number of carboxylic acids is 3. The van der Waals surface area contributed by atoms with Gasteiger partial charge in [-0.3, -0.25) is 14.4 Å². The maximum Gasteiger partial charge on any atom is 0.326 e. The van der Waals surface area contributed by atoms with Crippen LogP contribution in [0.5, 0.6) is 0 Å². The van der Waals surface area contributed by atoms with Crippen molar-refractivity contribution in [1.29, 1.82) is 0 Å². The monoisotopic (exact) mass is 259 g/mol. The molecule has 1 rings (SSSR count). The Bertz CT molecular complexity index is 392. The molecule has 1 saturated heterocycles. The zero-order chi connectivity index (χ0) is 13.9. The predicted molar refractivity (Wildman–Crippen MR) is 55.7 cm³/mol. The van der Waals surface area contributed by atoms with Crippen LogP contribution < -0.4 is 0 Å². The molecule has 8 heteroatoms. The van der Waals surface area contributed by atoms with E-state index in [0.717, 1.165) is 4.90 Å². The average molecular weight is 259 g/mol. The van der Waals surface area contributed by atoms with Crippen molar-refractivity contribution >= 4 is 23.8 Å². The van der Waals surface area contributed by atoms with E-state index < -0.39 is 42.2 Å². The number of aliphatic carboxylic acids is 3. The van der Waals surface area contributed by atoms with Gasteiger partial charge < -0.3 is 20.2 Å². The number of carboxylic acid groups (broad SMARTS) is 3. The minimum absolute atomic E-state index is 0.149. The third kappa shape index (κ3) is 3.19. The summed E-state index contributed by atoms with van der Waals surface area (Å²) in [4.78, 5) is 44.6. The largest absolute Gasteiger partial charge is 0.481 e. The van der Waals surface area contributed by atoms with Gasteiger partial charge in [-0.25, -0.2) is 4.79 Å². The molecule has 0 radical (unpaired) electrons. The third-order valence-corrected chi connectivity index (χ3v) is 2.81. The van der Waals surface area contributed by atoms with Gasteiger partial charge in [-0.05, 0) is 6.42 Å². The molecule has 18 heavy (non-hydrogen) atoms. The second-order valence-corrected chi connectivity index (χ2v) is 4.06. The van der Waals surface area contributed by atoms with Gasteiger partial charge in [-0.1, -0.05) is 0 Å². The molecular formula is C10H13NO7. The summed E-state index contributed by atoms with van der Waals surface area (Å²) >= 11 is 0. The van der Waals surface area contributed by atoms with Crippen LogP contribution in [0, 0.1) is 5.92 Å². The summed E-state index contributed by atoms with van der Waals surface area (Å²) < 4.78 is 0. The van der Waals surface area contributed by atoms with Crippen LogP contribution in [0.15, 0.2) is 0 Å². The first-order chi connectivity index (χ1) is 8.32. The summed E-state index contributed by atoms with van der Waals surface area (Å²) in [6.07, 6.45) is -0.881. The van der Waals surface area contributed by atoms with Crippen LogP contribution in [0.4, 0.5) is 0 Å². The molecule has 3 N–H and O–H groups in total. The summed E-state index contributed by atoms with van der Waals surface area (Å²) in [5, 5.41) is 26.2. The molecule has 8 nitrogen and oxygen atoms in total. The Labute approximate surface area is 102 Å². The number of carbonyl (C=O) groups excluding carboxylic acids is 1. The molecule has 100 valence electrons. The van der Waals surface area contributed by atoms with E-state index in [9.17, 15) is 19.2 Å². The third-order valence-electron chi connectivity index (χ3n) is 2.81. The van der Waals surface area contributed by atoms with Crippen molar-refractivity contribution in [1.82, 2.24) is 4.90 Å². The van der Waals surface area contributed by atoms with Gasteiger partial charge in [0.2, 0.25) is 5.91 Å². The van der Waals surface area contributed by atoms with Crippen molar-refractivity contribution in [2.45, 2.75) is 25.3 Å². The molecule has 0 aromatic heterocycles. The lowest BCUT2D eigenvalue weighted by molar-refractivity contribution is -0.149. The standard InChI is InChI=1S/C10H13NO7/c12-7(1-2-8(13)14)11-4-5(9(15)16)3-6(11)10(17)18/h5-6H,1-4H2,(H,13,14)(H,15,16)(H,17,18). The molecule has 1 aliphatic heterocycles. The number of hydrogen-bond donors (Lipinski definition) is 3. The highest BCUT2D eigenvalue weighted by molar-refractivity contribution is 5.87. The van der Waals surface area contributed by atoms with E-state index in [1.165, 1.54) is 0 Å². The van der Waals surface area contributed by atoms with Crippen molar-refractivity contribution in [3.05, 3.63) is 0 Å². The van der Waals surface area contributed by atoms with E-state index in [0.29, 0.717) is 0 Å². The molecule has 2 unspecified atom stereocenters. The highest BCUT2D eigenvalue weighted by atomic mass is 16.4. The van der Waals surface area contributed by atoms with Gasteiger partial charge in [0.1, 0.15) is 6.04 Å². The lowest BCUT2D eigenvalue weighted by atomic mass is 10.1. The number of carbonyl (C=O) groups is 4. The number of amides is 1. The highest BCUT2D eigenvalue weighted by Crippen LogP contribution is 2.24. The Kier molecular flexibility index (Phi) is 4.24. The maximum atomic E-state index is 11.6. The van der Waals surface area contributed by atoms with Crippen molar-refractivity contribution in [3.8, 4) is 0 Å². The van der Waals surface area contributed by atoms with E-state index in [1.54, 1.807) is 0 Å². The Morgan fingerprint density at radius 2 is 1.61 bits per heavy atom. The zero-order valence-electron chi connectivity index (χ0n) is 9.40. The van der Waals surface area contributed by atoms with E-state index >= 15 is 0 Å². The number of nitrogens with zero attached hydrogens (tertiary/aromatic N) is 1. The van der Waals surface area contributed by atoms with Crippen LogP contribution in [0.1, 0.15) is 19.3 Å². The van der Waals surface area contributed by atoms with Gasteiger partial charge in [0.15, 0.2) is 0 Å². The molecule has 1 fully saturated rings. The summed E-state index contributed by atoms with van der Waals surface area (Å²) in [5.41, 5.74) is 0. The van der Waals surface area contributed by atoms with Gasteiger partial charge >= 0.3 is 17.9 Å². The van der Waals surface area contributed by atoms with Crippen LogP contribution in [-0.2, 0) is 19.2 Å². The molecule has 0 spiro atoms. The second-order valence-electron chi connectivity index (χ2n) is 4.06. The van der Waals surface area contributed by atoms with Crippen LogP contribution in [0.25, 0.3) is 0 Å². The van der Waals surface area contributed by atoms with Crippen molar-refractivity contribution < 1.29 is 34.5 Å². The van der Waals surface area contributed by atoms with Gasteiger partial charge in [0, 0.05) is 13.0 Å². The fraction of sp³-hybridized carbons (Fsp3) is 0.600. The number of hydrogen-bond acceptors (Lipinski definition) is 4. The molecule has 0 saturated carbocycles. The minimum atomic E-state index is -1.28. The Morgan fingerprint density at radius 3 is 2.06 bits per heavy atom. The Morgan fingerprint density at radius 1 is 1.00 bits per heavy atom. The molecule has 0 aliphatic carbocycles. The van der Waals surface area contributed by atoms with Crippen LogP contribution in [-0.4, -0.2) is 56.6 Å². The first-order valence-corrected chi connectivity index (χ1v) is 5.29. The predicted octanol–water partition coefficient (Wildman–Crippen LogP) is -0.762. The SMILES string of the molecule is O=C(O)CCC(=O)N1CC(C(=O)O)CC1C(=O)O. The first kappa shape index (κ1) is 13.9. The molecule has 1 amide bonds. The van der Waals surface area contributed by atoms with E-state index in [-0.39, 0.29) is 19.4 Å². The molecule has 0 aromatic rings. The van der Waals surface area contributed by atoms with Gasteiger partial charge in [-0.15, -0.1) is 0 Å². The van der Waals surface area contributed by atoms with Crippen LogP contribution in [0.3, 0.4) is 0 Å². The highest BCUT2D eigenvalue weighted by Gasteiger charge is 2.42. The minimum Gasteiger partial charge on any atom is -0.481 e. The molecule has 0 bridgehead atoms. The van der Waals surface area contributed by atoms with Gasteiger partial charge in [0.05, 0.1) is 12.3 Å². The Balaban J connectivity index is 2.72. The quantitative estimate of drug-likeness (QED) is 0.590. The van der Waals surface area contributed by atoms with Gasteiger partial charge in [0.25, 0.3) is 0 Å². The first-order valence-electron chi connectivity index (χ1n) is 5.29. The van der Waals surface area contributed by atoms with Crippen LogP contribution in [0.2, 0.25) is 0 Å². The smallest absolute Gasteiger partial charge is 0.326 e. The average Bonchev–Trinajstić information content (AvgIpc) is 2.70. The molecule has 1 aliphatic rings. The van der Waals surface area contributed by atoms with Crippen molar-refractivity contribution in [2.75, 3.05) is 6.54 Å². The second kappa shape index (κ2) is 5.48. The maximum absolute atomic E-state index is 11.6. The fourth-order valence-corrected chi connectivity index (χ4v) is 1.88. The number of rotatable bonds is 5.